The molecule has 0 aliphatic heterocycles. The van der Waals surface area contributed by atoms with Crippen LogP contribution in [-0.2, 0) is 10.6 Å². The molecule has 0 saturated carbocycles. The van der Waals surface area contributed by atoms with Crippen LogP contribution in [0.15, 0.2) is 10.6 Å². The van der Waals surface area contributed by atoms with E-state index in [9.17, 15) is 0 Å². The van der Waals surface area contributed by atoms with Crippen LogP contribution in [0, 0.1) is 0 Å². The van der Waals surface area contributed by atoms with E-state index >= 15 is 0 Å². The van der Waals surface area contributed by atoms with Crippen LogP contribution in [0.3, 0.4) is 0 Å². The molecule has 1 atom stereocenters. The predicted molar refractivity (Wildman–Crippen MR) is 41.5 cm³/mol. The number of aromatic nitrogens is 1. The number of ether oxygens (including phenoxy) is 1. The minimum absolute atomic E-state index is 0.0560. The van der Waals surface area contributed by atoms with E-state index < -0.39 is 0 Å². The average molecular weight is 176 g/mol. The van der Waals surface area contributed by atoms with Gasteiger partial charge in [-0.15, -0.1) is 11.6 Å². The molecule has 0 spiro atoms. The molecule has 1 aromatic heterocycles. The number of oxazole rings is 1. The molecule has 1 unspecified atom stereocenters. The predicted octanol–water partition coefficient (Wildman–Crippen LogP) is 2.12. The normalized spacial score (nSPS) is 13.4. The van der Waals surface area contributed by atoms with Crippen LogP contribution in [0.25, 0.3) is 0 Å². The molecule has 1 heterocycles. The summed E-state index contributed by atoms with van der Waals surface area (Å²) in [4.78, 5) is 3.93. The summed E-state index contributed by atoms with van der Waals surface area (Å²) in [7, 11) is 1.62. The van der Waals surface area contributed by atoms with Crippen LogP contribution >= 0.6 is 11.6 Å². The first-order valence-electron chi connectivity index (χ1n) is 3.31. The third-order valence-electron chi connectivity index (χ3n) is 1.44. The maximum atomic E-state index is 5.49. The molecule has 0 aliphatic carbocycles. The zero-order valence-corrected chi connectivity index (χ0v) is 7.26. The largest absolute Gasteiger partial charge is 0.442 e. The van der Waals surface area contributed by atoms with Crippen molar-refractivity contribution in [3.8, 4) is 0 Å². The Morgan fingerprint density at radius 2 is 2.55 bits per heavy atom. The molecule has 0 N–H and O–H groups in total. The molecule has 0 bridgehead atoms. The third kappa shape index (κ3) is 1.94. The number of hydrogen-bond donors (Lipinski definition) is 0. The van der Waals surface area contributed by atoms with E-state index in [1.165, 1.54) is 0 Å². The van der Waals surface area contributed by atoms with Crippen molar-refractivity contribution >= 4 is 11.6 Å². The second-order valence-corrected chi connectivity index (χ2v) is 2.44. The maximum Gasteiger partial charge on any atom is 0.209 e. The van der Waals surface area contributed by atoms with Crippen molar-refractivity contribution in [2.24, 2.45) is 0 Å². The standard InChI is InChI=1S/C7H10ClNO2/c1-5(10-2)6-4-9-7(3-8)11-6/h4-5H,3H2,1-2H3. The second-order valence-electron chi connectivity index (χ2n) is 2.17. The molecule has 1 aromatic rings. The molecule has 0 aliphatic rings. The van der Waals surface area contributed by atoms with E-state index in [4.69, 9.17) is 20.8 Å². The molecule has 0 amide bonds. The number of nitrogens with zero attached hydrogens (tertiary/aromatic N) is 1. The summed E-state index contributed by atoms with van der Waals surface area (Å²) < 4.78 is 10.2. The third-order valence-corrected chi connectivity index (χ3v) is 1.67. The minimum Gasteiger partial charge on any atom is -0.442 e. The first kappa shape index (κ1) is 8.56. The Balaban J connectivity index is 2.71. The molecule has 1 rings (SSSR count). The van der Waals surface area contributed by atoms with Crippen LogP contribution < -0.4 is 0 Å². The summed E-state index contributed by atoms with van der Waals surface area (Å²) in [5.41, 5.74) is 0. The molecular formula is C7H10ClNO2. The fraction of sp³-hybridized carbons (Fsp3) is 0.571. The second kappa shape index (κ2) is 3.74. The van der Waals surface area contributed by atoms with Crippen molar-refractivity contribution < 1.29 is 9.15 Å². The highest BCUT2D eigenvalue weighted by atomic mass is 35.5. The van der Waals surface area contributed by atoms with E-state index in [-0.39, 0.29) is 6.10 Å². The summed E-state index contributed by atoms with van der Waals surface area (Å²) in [5, 5.41) is 0. The van der Waals surface area contributed by atoms with Crippen molar-refractivity contribution in [2.45, 2.75) is 18.9 Å². The summed E-state index contributed by atoms with van der Waals surface area (Å²) in [6.07, 6.45) is 1.57. The molecule has 0 saturated heterocycles. The van der Waals surface area contributed by atoms with Gasteiger partial charge in [0.25, 0.3) is 0 Å². The SMILES string of the molecule is COC(C)c1cnc(CCl)o1. The summed E-state index contributed by atoms with van der Waals surface area (Å²) in [6, 6.07) is 0. The molecule has 11 heavy (non-hydrogen) atoms. The molecular weight excluding hydrogens is 166 g/mol. The van der Waals surface area contributed by atoms with Gasteiger partial charge < -0.3 is 9.15 Å². The number of rotatable bonds is 3. The molecule has 62 valence electrons. The van der Waals surface area contributed by atoms with E-state index in [1.54, 1.807) is 13.3 Å². The Labute approximate surface area is 70.3 Å². The van der Waals surface area contributed by atoms with Gasteiger partial charge in [0.05, 0.1) is 12.1 Å². The van der Waals surface area contributed by atoms with E-state index in [2.05, 4.69) is 4.98 Å². The van der Waals surface area contributed by atoms with Crippen LogP contribution in [0.4, 0.5) is 0 Å². The first-order chi connectivity index (χ1) is 5.27. The molecule has 0 fully saturated rings. The molecule has 4 heteroatoms. The van der Waals surface area contributed by atoms with Gasteiger partial charge in [-0.3, -0.25) is 0 Å². The fourth-order valence-electron chi connectivity index (χ4n) is 0.690. The minimum atomic E-state index is -0.0560. The Kier molecular flexibility index (Phi) is 2.91. The summed E-state index contributed by atoms with van der Waals surface area (Å²) >= 11 is 5.49. The lowest BCUT2D eigenvalue weighted by Crippen LogP contribution is -1.92. The molecule has 3 nitrogen and oxygen atoms in total. The van der Waals surface area contributed by atoms with Crippen molar-refractivity contribution in [2.75, 3.05) is 7.11 Å². The van der Waals surface area contributed by atoms with Gasteiger partial charge in [-0.05, 0) is 6.92 Å². The van der Waals surface area contributed by atoms with Crippen LogP contribution in [0.5, 0.6) is 0 Å². The maximum absolute atomic E-state index is 5.49. The zero-order chi connectivity index (χ0) is 8.27. The van der Waals surface area contributed by atoms with Crippen LogP contribution in [-0.4, -0.2) is 12.1 Å². The Bertz CT molecular complexity index is 224. The van der Waals surface area contributed by atoms with Crippen LogP contribution in [0.2, 0.25) is 0 Å². The van der Waals surface area contributed by atoms with Gasteiger partial charge in [0.2, 0.25) is 5.89 Å². The average Bonchev–Trinajstić information content (AvgIpc) is 2.50. The highest BCUT2D eigenvalue weighted by Gasteiger charge is 2.09. The first-order valence-corrected chi connectivity index (χ1v) is 3.84. The van der Waals surface area contributed by atoms with Crippen molar-refractivity contribution in [3.05, 3.63) is 17.8 Å². The fourth-order valence-corrected chi connectivity index (χ4v) is 0.814. The lowest BCUT2D eigenvalue weighted by Gasteiger charge is -2.02. The van der Waals surface area contributed by atoms with Crippen molar-refractivity contribution in [1.29, 1.82) is 0 Å². The van der Waals surface area contributed by atoms with Gasteiger partial charge in [0.1, 0.15) is 6.10 Å². The van der Waals surface area contributed by atoms with Gasteiger partial charge in [-0.1, -0.05) is 0 Å². The van der Waals surface area contributed by atoms with Crippen LogP contribution in [0.1, 0.15) is 24.7 Å². The smallest absolute Gasteiger partial charge is 0.209 e. The van der Waals surface area contributed by atoms with Crippen molar-refractivity contribution in [1.82, 2.24) is 4.98 Å². The lowest BCUT2D eigenvalue weighted by atomic mass is 10.3. The number of hydrogen-bond acceptors (Lipinski definition) is 3. The van der Waals surface area contributed by atoms with Gasteiger partial charge in [0, 0.05) is 7.11 Å². The van der Waals surface area contributed by atoms with E-state index in [1.807, 2.05) is 6.92 Å². The van der Waals surface area contributed by atoms with Gasteiger partial charge in [-0.2, -0.15) is 0 Å². The van der Waals surface area contributed by atoms with E-state index in [0.717, 1.165) is 0 Å². The Morgan fingerprint density at radius 1 is 1.82 bits per heavy atom. The topological polar surface area (TPSA) is 35.3 Å². The number of methoxy groups -OCH3 is 1. The lowest BCUT2D eigenvalue weighted by molar-refractivity contribution is 0.0986. The van der Waals surface area contributed by atoms with Gasteiger partial charge in [0.15, 0.2) is 5.76 Å². The summed E-state index contributed by atoms with van der Waals surface area (Å²) in [6.45, 7) is 1.89. The number of alkyl halides is 1. The quantitative estimate of drug-likeness (QED) is 0.661. The Morgan fingerprint density at radius 3 is 3.00 bits per heavy atom. The van der Waals surface area contributed by atoms with E-state index in [0.29, 0.717) is 17.5 Å². The number of halogens is 1. The highest BCUT2D eigenvalue weighted by Crippen LogP contribution is 2.16. The molecule has 0 aromatic carbocycles. The highest BCUT2D eigenvalue weighted by molar-refractivity contribution is 6.16. The summed E-state index contributed by atoms with van der Waals surface area (Å²) in [5.74, 6) is 1.55. The van der Waals surface area contributed by atoms with Gasteiger partial charge >= 0.3 is 0 Å². The van der Waals surface area contributed by atoms with Crippen molar-refractivity contribution in [3.63, 3.8) is 0 Å². The Hall–Kier alpha value is -0.540. The zero-order valence-electron chi connectivity index (χ0n) is 6.50. The monoisotopic (exact) mass is 175 g/mol. The van der Waals surface area contributed by atoms with Gasteiger partial charge in [-0.25, -0.2) is 4.98 Å². The molecule has 0 radical (unpaired) electrons.